The minimum atomic E-state index is -2.26. The smallest absolute Gasteiger partial charge is 0.431 e. The molecule has 28 nitrogen and oxygen atoms in total. The van der Waals surface area contributed by atoms with Crippen molar-refractivity contribution in [2.75, 3.05) is 85.5 Å². The summed E-state index contributed by atoms with van der Waals surface area (Å²) in [4.78, 5) is 124. The molecule has 89 heavy (non-hydrogen) atoms. The van der Waals surface area contributed by atoms with Crippen molar-refractivity contribution in [1.82, 2.24) is 15.7 Å². The highest BCUT2D eigenvalue weighted by Gasteiger charge is 2.56. The predicted molar refractivity (Wildman–Crippen MR) is 318 cm³/mol. The van der Waals surface area contributed by atoms with E-state index >= 15 is 0 Å². The van der Waals surface area contributed by atoms with Gasteiger partial charge in [-0.05, 0) is 75.5 Å². The Kier molecular flexibility index (Phi) is 28.8. The highest BCUT2D eigenvalue weighted by atomic mass is 28.4. The molecule has 0 unspecified atom stereocenters. The second kappa shape index (κ2) is 34.8. The first-order valence-electron chi connectivity index (χ1n) is 28.6. The van der Waals surface area contributed by atoms with E-state index in [2.05, 4.69) is 63.1 Å². The highest BCUT2D eigenvalue weighted by molar-refractivity contribution is 6.74. The number of anilines is 1. The summed E-state index contributed by atoms with van der Waals surface area (Å²) in [6, 6.07) is 6.41. The van der Waals surface area contributed by atoms with E-state index in [1.807, 2.05) is 0 Å². The molecule has 2 aromatic carbocycles. The van der Waals surface area contributed by atoms with Crippen LogP contribution in [0.4, 0.5) is 15.3 Å². The fourth-order valence-corrected chi connectivity index (χ4v) is 9.42. The van der Waals surface area contributed by atoms with Gasteiger partial charge in [0.05, 0.1) is 83.3 Å². The van der Waals surface area contributed by atoms with Crippen LogP contribution in [-0.2, 0) is 87.2 Å². The van der Waals surface area contributed by atoms with Crippen LogP contribution in [0.5, 0.6) is 17.2 Å². The molecule has 3 N–H and O–H groups in total. The van der Waals surface area contributed by atoms with Gasteiger partial charge in [-0.1, -0.05) is 51.6 Å². The van der Waals surface area contributed by atoms with Crippen LogP contribution in [0.15, 0.2) is 55.1 Å². The van der Waals surface area contributed by atoms with Crippen molar-refractivity contribution in [1.29, 1.82) is 0 Å². The molecule has 4 amide bonds. The molecule has 0 bridgehead atoms. The summed E-state index contributed by atoms with van der Waals surface area (Å²) in [6.45, 7) is 26.6. The Morgan fingerprint density at radius 3 is 2.04 bits per heavy atom. The van der Waals surface area contributed by atoms with Gasteiger partial charge in [0.2, 0.25) is 12.4 Å². The Bertz CT molecular complexity index is 2810. The number of hydroxylamine groups is 1. The fraction of sp³-hybridized carbons (Fsp3) is 0.583. The Morgan fingerprint density at radius 2 is 1.42 bits per heavy atom. The number of rotatable bonds is 32. The van der Waals surface area contributed by atoms with Crippen LogP contribution in [0.1, 0.15) is 108 Å². The van der Waals surface area contributed by atoms with Crippen molar-refractivity contribution >= 4 is 67.9 Å². The largest absolute Gasteiger partial charge is 0.493 e. The van der Waals surface area contributed by atoms with Crippen LogP contribution in [0.2, 0.25) is 18.1 Å². The number of carbonyl (C=O) groups is 9. The van der Waals surface area contributed by atoms with Gasteiger partial charge in [0.25, 0.3) is 11.8 Å². The van der Waals surface area contributed by atoms with Gasteiger partial charge in [-0.2, -0.15) is 5.48 Å². The number of nitrogens with zero attached hydrogens (tertiary/aromatic N) is 1. The minimum absolute atomic E-state index is 0.00368. The summed E-state index contributed by atoms with van der Waals surface area (Å²) in [5, 5.41) is 5.26. The van der Waals surface area contributed by atoms with Crippen molar-refractivity contribution in [3.05, 3.63) is 71.8 Å². The van der Waals surface area contributed by atoms with E-state index in [9.17, 15) is 43.2 Å². The van der Waals surface area contributed by atoms with Gasteiger partial charge in [-0.3, -0.25) is 38.9 Å². The Labute approximate surface area is 519 Å². The zero-order valence-electron chi connectivity index (χ0n) is 53.0. The monoisotopic (exact) mass is 1270 g/mol. The SMILES string of the molecule is C=CCOC(=O)CCCOc1cc(NC(=O)OCc2ccc(O[C@@H]3O[C@H](C(=O)OC)[C@@H](OC(C)=O)[C@H](OC(C)=O)[C@H]3OC(C)=O)c(C(=O)NCCOCCOCCONC(=O)OC(C)(C)C)c2)c(C(=O)N2CC(=C)C[C@H]2CO[Si](C)(C)C(C)(C)C)cc1OC. The highest BCUT2D eigenvalue weighted by Crippen LogP contribution is 2.40. The van der Waals surface area contributed by atoms with Crippen molar-refractivity contribution in [3.63, 3.8) is 0 Å². The molecular formula is C60H86N4O24Si. The number of nitrogens with one attached hydrogen (secondary N) is 3. The molecule has 2 heterocycles. The number of benzene rings is 2. The second-order valence-electron chi connectivity index (χ2n) is 22.8. The molecule has 0 saturated carbocycles. The first-order chi connectivity index (χ1) is 41.9. The van der Waals surface area contributed by atoms with E-state index < -0.39 is 111 Å². The lowest BCUT2D eigenvalue weighted by Gasteiger charge is -2.43. The number of likely N-dealkylation sites (tertiary alicyclic amines) is 1. The van der Waals surface area contributed by atoms with Crippen LogP contribution in [-0.4, -0.2) is 190 Å². The molecule has 2 aliphatic heterocycles. The first-order valence-corrected chi connectivity index (χ1v) is 31.5. The quantitative estimate of drug-likeness (QED) is 0.0178. The summed E-state index contributed by atoms with van der Waals surface area (Å²) >= 11 is 0. The summed E-state index contributed by atoms with van der Waals surface area (Å²) in [5.74, 6) is -5.68. The first kappa shape index (κ1) is 73.6. The Hall–Kier alpha value is -7.83. The van der Waals surface area contributed by atoms with Gasteiger partial charge in [0, 0.05) is 46.3 Å². The van der Waals surface area contributed by atoms with Crippen molar-refractivity contribution in [3.8, 4) is 17.2 Å². The van der Waals surface area contributed by atoms with Crippen LogP contribution in [0.25, 0.3) is 0 Å². The van der Waals surface area contributed by atoms with Gasteiger partial charge < -0.3 is 76.2 Å². The predicted octanol–water partition coefficient (Wildman–Crippen LogP) is 6.42. The normalized spacial score (nSPS) is 18.3. The second-order valence-corrected chi connectivity index (χ2v) is 27.6. The third-order valence-electron chi connectivity index (χ3n) is 13.5. The van der Waals surface area contributed by atoms with Gasteiger partial charge in [0.1, 0.15) is 24.6 Å². The van der Waals surface area contributed by atoms with Crippen molar-refractivity contribution in [2.24, 2.45) is 0 Å². The number of ether oxygens (including phenoxy) is 13. The molecule has 2 aromatic rings. The number of hydrogen-bond donors (Lipinski definition) is 3. The molecule has 0 spiro atoms. The molecule has 494 valence electrons. The molecule has 6 atom stereocenters. The Morgan fingerprint density at radius 1 is 0.764 bits per heavy atom. The maximum Gasteiger partial charge on any atom is 0.431 e. The maximum absolute atomic E-state index is 14.8. The number of hydrogen-bond acceptors (Lipinski definition) is 24. The lowest BCUT2D eigenvalue weighted by molar-refractivity contribution is -0.282. The number of amides is 4. The van der Waals surface area contributed by atoms with Gasteiger partial charge in [-0.15, -0.1) is 0 Å². The van der Waals surface area contributed by atoms with E-state index in [0.717, 1.165) is 33.5 Å². The lowest BCUT2D eigenvalue weighted by Crippen LogP contribution is -2.64. The standard InChI is InChI=1S/C60H86N4O24Si/c1-16-22-79-48(68)18-17-23-78-47-32-44(42(31-46(47)74-12)54(70)64-33-36(2)29-41(64)35-82-89(14,15)60(9,10)11)62-57(72)80-34-40-19-20-45(43(30-40)53(69)61-21-24-76-25-26-77-27-28-81-63-58(73)88-59(6,7)8)86-56-52(85-39(5)67)50(84-38(4)66)49(83-37(3)65)51(87-56)55(71)75-13/h16,19-20,30-32,41,49-52,56H,1-2,17-18,21-29,33-35H2,3-15H3,(H,61,69)(H,62,72)(H,63,73)/t41-,49-,50-,51-,52+,56+/m0/s1. The molecule has 0 aromatic heterocycles. The lowest BCUT2D eigenvalue weighted by atomic mass is 9.97. The Balaban J connectivity index is 1.65. The van der Waals surface area contributed by atoms with Crippen LogP contribution >= 0.6 is 0 Å². The van der Waals surface area contributed by atoms with Gasteiger partial charge in [0.15, 0.2) is 38.1 Å². The molecule has 29 heteroatoms. The van der Waals surface area contributed by atoms with Gasteiger partial charge >= 0.3 is 42.0 Å². The fourth-order valence-electron chi connectivity index (χ4n) is 8.38. The zero-order chi connectivity index (χ0) is 66.2. The topological polar surface area (TPSA) is 331 Å². The summed E-state index contributed by atoms with van der Waals surface area (Å²) in [7, 11) is 0.131. The molecule has 4 rings (SSSR count). The van der Waals surface area contributed by atoms with Gasteiger partial charge in [-0.25, -0.2) is 14.4 Å². The third kappa shape index (κ3) is 23.9. The zero-order valence-corrected chi connectivity index (χ0v) is 54.0. The molecule has 2 saturated heterocycles. The molecule has 0 radical (unpaired) electrons. The number of carbonyl (C=O) groups excluding carboxylic acids is 9. The maximum atomic E-state index is 14.8. The average molecular weight is 1280 g/mol. The minimum Gasteiger partial charge on any atom is -0.493 e. The van der Waals surface area contributed by atoms with E-state index in [0.29, 0.717) is 6.42 Å². The average Bonchev–Trinajstić information content (AvgIpc) is 1.41. The summed E-state index contributed by atoms with van der Waals surface area (Å²) in [6.07, 6.45) is -8.54. The van der Waals surface area contributed by atoms with E-state index in [4.69, 9.17) is 70.8 Å². The van der Waals surface area contributed by atoms with Crippen molar-refractivity contribution < 1.29 is 114 Å². The van der Waals surface area contributed by atoms with E-state index in [1.165, 1.54) is 43.5 Å². The van der Waals surface area contributed by atoms with Crippen LogP contribution in [0, 0.1) is 0 Å². The van der Waals surface area contributed by atoms with Crippen molar-refractivity contribution in [2.45, 2.75) is 149 Å². The van der Waals surface area contributed by atoms with E-state index in [-0.39, 0.29) is 123 Å². The summed E-state index contributed by atoms with van der Waals surface area (Å²) < 4.78 is 78.8. The number of methoxy groups -OCH3 is 2. The van der Waals surface area contributed by atoms with Crippen LogP contribution < -0.4 is 30.3 Å². The molecular weight excluding hydrogens is 1190 g/mol. The van der Waals surface area contributed by atoms with Crippen LogP contribution in [0.3, 0.4) is 0 Å². The molecule has 2 aliphatic rings. The third-order valence-corrected chi connectivity index (χ3v) is 18.0. The molecule has 0 aliphatic carbocycles. The summed E-state index contributed by atoms with van der Waals surface area (Å²) in [5.41, 5.74) is 2.16. The number of esters is 5. The molecule has 2 fully saturated rings. The van der Waals surface area contributed by atoms with E-state index in [1.54, 1.807) is 25.7 Å².